The van der Waals surface area contributed by atoms with Crippen LogP contribution in [0.15, 0.2) is 24.3 Å². The van der Waals surface area contributed by atoms with Crippen LogP contribution < -0.4 is 11.1 Å². The molecule has 0 aliphatic rings. The second kappa shape index (κ2) is 5.13. The van der Waals surface area contributed by atoms with Crippen molar-refractivity contribution in [2.75, 3.05) is 6.54 Å². The lowest BCUT2D eigenvalue weighted by Gasteiger charge is -2.08. The standard InChI is InChI=1S/C10H9F3N2OS/c11-10(12,13)7-3-1-2-6(4-7)9(16)15-5-8(14)17/h1-4H,5H2,(H2,14,17)(H,15,16). The highest BCUT2D eigenvalue weighted by Gasteiger charge is 2.30. The number of halogens is 3. The van der Waals surface area contributed by atoms with Crippen molar-refractivity contribution in [2.45, 2.75) is 6.18 Å². The van der Waals surface area contributed by atoms with Gasteiger partial charge in [-0.2, -0.15) is 13.2 Å². The second-order valence-corrected chi connectivity index (χ2v) is 3.75. The molecule has 7 heteroatoms. The topological polar surface area (TPSA) is 55.1 Å². The number of hydrogen-bond acceptors (Lipinski definition) is 2. The van der Waals surface area contributed by atoms with Crippen LogP contribution in [0, 0.1) is 0 Å². The molecule has 92 valence electrons. The van der Waals surface area contributed by atoms with E-state index < -0.39 is 17.6 Å². The summed E-state index contributed by atoms with van der Waals surface area (Å²) in [6.07, 6.45) is -4.47. The molecule has 0 bridgehead atoms. The zero-order valence-electron chi connectivity index (χ0n) is 8.54. The summed E-state index contributed by atoms with van der Waals surface area (Å²) in [7, 11) is 0. The molecular formula is C10H9F3N2OS. The van der Waals surface area contributed by atoms with Gasteiger partial charge < -0.3 is 11.1 Å². The fraction of sp³-hybridized carbons (Fsp3) is 0.200. The Bertz CT molecular complexity index is 445. The summed E-state index contributed by atoms with van der Waals surface area (Å²) in [6, 6.07) is 4.11. The third-order valence-electron chi connectivity index (χ3n) is 1.88. The number of alkyl halides is 3. The van der Waals surface area contributed by atoms with Gasteiger partial charge in [-0.25, -0.2) is 0 Å². The van der Waals surface area contributed by atoms with E-state index in [4.69, 9.17) is 5.73 Å². The molecule has 3 N–H and O–H groups in total. The maximum absolute atomic E-state index is 12.4. The molecule has 0 saturated carbocycles. The van der Waals surface area contributed by atoms with Crippen LogP contribution in [0.1, 0.15) is 15.9 Å². The molecule has 0 atom stereocenters. The smallest absolute Gasteiger partial charge is 0.392 e. The van der Waals surface area contributed by atoms with Crippen LogP contribution in [0.5, 0.6) is 0 Å². The van der Waals surface area contributed by atoms with Gasteiger partial charge in [0.2, 0.25) is 0 Å². The molecule has 0 spiro atoms. The van der Waals surface area contributed by atoms with E-state index in [9.17, 15) is 18.0 Å². The van der Waals surface area contributed by atoms with E-state index in [1.165, 1.54) is 12.1 Å². The average molecular weight is 262 g/mol. The van der Waals surface area contributed by atoms with Gasteiger partial charge in [-0.15, -0.1) is 0 Å². The first kappa shape index (κ1) is 13.4. The van der Waals surface area contributed by atoms with Crippen molar-refractivity contribution >= 4 is 23.1 Å². The minimum Gasteiger partial charge on any atom is -0.392 e. The van der Waals surface area contributed by atoms with Crippen LogP contribution in [0.4, 0.5) is 13.2 Å². The fourth-order valence-electron chi connectivity index (χ4n) is 1.11. The highest BCUT2D eigenvalue weighted by Crippen LogP contribution is 2.29. The number of hydrogen-bond donors (Lipinski definition) is 2. The Morgan fingerprint density at radius 2 is 2.06 bits per heavy atom. The first-order valence-corrected chi connectivity index (χ1v) is 4.95. The minimum atomic E-state index is -4.47. The lowest BCUT2D eigenvalue weighted by Crippen LogP contribution is -2.32. The molecule has 1 amide bonds. The highest BCUT2D eigenvalue weighted by atomic mass is 32.1. The SMILES string of the molecule is NC(=S)CNC(=O)c1cccc(C(F)(F)F)c1. The van der Waals surface area contributed by atoms with Gasteiger partial charge in [0.25, 0.3) is 5.91 Å². The van der Waals surface area contributed by atoms with E-state index in [0.29, 0.717) is 0 Å². The predicted molar refractivity (Wildman–Crippen MR) is 60.6 cm³/mol. The fourth-order valence-corrected chi connectivity index (χ4v) is 1.18. The molecule has 3 nitrogen and oxygen atoms in total. The Morgan fingerprint density at radius 1 is 1.41 bits per heavy atom. The van der Waals surface area contributed by atoms with Crippen LogP contribution in [-0.2, 0) is 6.18 Å². The summed E-state index contributed by atoms with van der Waals surface area (Å²) in [5, 5.41) is 2.30. The molecular weight excluding hydrogens is 253 g/mol. The zero-order chi connectivity index (χ0) is 13.1. The predicted octanol–water partition coefficient (Wildman–Crippen LogP) is 1.72. The number of benzene rings is 1. The van der Waals surface area contributed by atoms with Crippen molar-refractivity contribution in [2.24, 2.45) is 5.73 Å². The van der Waals surface area contributed by atoms with E-state index in [0.717, 1.165) is 12.1 Å². The van der Waals surface area contributed by atoms with Crippen LogP contribution in [0.25, 0.3) is 0 Å². The number of nitrogens with one attached hydrogen (secondary N) is 1. The van der Waals surface area contributed by atoms with E-state index in [1.807, 2.05) is 0 Å². The molecule has 0 fully saturated rings. The second-order valence-electron chi connectivity index (χ2n) is 3.23. The van der Waals surface area contributed by atoms with Crippen LogP contribution in [-0.4, -0.2) is 17.4 Å². The number of nitrogens with two attached hydrogens (primary N) is 1. The normalized spacial score (nSPS) is 11.0. The van der Waals surface area contributed by atoms with Gasteiger partial charge in [0.05, 0.1) is 17.1 Å². The lowest BCUT2D eigenvalue weighted by atomic mass is 10.1. The van der Waals surface area contributed by atoms with E-state index in [2.05, 4.69) is 17.5 Å². The Hall–Kier alpha value is -1.63. The van der Waals surface area contributed by atoms with Crippen molar-refractivity contribution in [1.29, 1.82) is 0 Å². The first-order valence-electron chi connectivity index (χ1n) is 4.54. The number of carbonyl (C=O) groups excluding carboxylic acids is 1. The van der Waals surface area contributed by atoms with Crippen molar-refractivity contribution in [3.8, 4) is 0 Å². The third kappa shape index (κ3) is 4.03. The van der Waals surface area contributed by atoms with Crippen molar-refractivity contribution in [3.63, 3.8) is 0 Å². The van der Waals surface area contributed by atoms with Crippen molar-refractivity contribution in [1.82, 2.24) is 5.32 Å². The summed E-state index contributed by atoms with van der Waals surface area (Å²) in [6.45, 7) is -0.0512. The summed E-state index contributed by atoms with van der Waals surface area (Å²) >= 11 is 4.53. The number of carbonyl (C=O) groups is 1. The monoisotopic (exact) mass is 262 g/mol. The van der Waals surface area contributed by atoms with Crippen molar-refractivity contribution < 1.29 is 18.0 Å². The van der Waals surface area contributed by atoms with Gasteiger partial charge in [0.15, 0.2) is 0 Å². The van der Waals surface area contributed by atoms with Gasteiger partial charge in [-0.3, -0.25) is 4.79 Å². The van der Waals surface area contributed by atoms with E-state index >= 15 is 0 Å². The Kier molecular flexibility index (Phi) is 4.06. The van der Waals surface area contributed by atoms with Crippen LogP contribution >= 0.6 is 12.2 Å². The summed E-state index contributed by atoms with van der Waals surface area (Å²) < 4.78 is 37.1. The molecule has 1 aromatic carbocycles. The zero-order valence-corrected chi connectivity index (χ0v) is 9.36. The molecule has 0 unspecified atom stereocenters. The van der Waals surface area contributed by atoms with Gasteiger partial charge >= 0.3 is 6.18 Å². The van der Waals surface area contributed by atoms with E-state index in [-0.39, 0.29) is 17.1 Å². The first-order chi connectivity index (χ1) is 7.80. The highest BCUT2D eigenvalue weighted by molar-refractivity contribution is 7.80. The maximum Gasteiger partial charge on any atom is 0.416 e. The molecule has 1 rings (SSSR count). The van der Waals surface area contributed by atoms with Crippen LogP contribution in [0.2, 0.25) is 0 Å². The molecule has 0 saturated heterocycles. The Morgan fingerprint density at radius 3 is 2.59 bits per heavy atom. The molecule has 17 heavy (non-hydrogen) atoms. The quantitative estimate of drug-likeness (QED) is 0.815. The molecule has 0 radical (unpaired) electrons. The summed E-state index contributed by atoms with van der Waals surface area (Å²) in [5.74, 6) is -0.649. The number of amides is 1. The van der Waals surface area contributed by atoms with Gasteiger partial charge in [-0.05, 0) is 18.2 Å². The number of rotatable bonds is 3. The largest absolute Gasteiger partial charge is 0.416 e. The Balaban J connectivity index is 2.85. The lowest BCUT2D eigenvalue weighted by molar-refractivity contribution is -0.137. The summed E-state index contributed by atoms with van der Waals surface area (Å²) in [5.41, 5.74) is 4.19. The van der Waals surface area contributed by atoms with E-state index in [1.54, 1.807) is 0 Å². The maximum atomic E-state index is 12.4. The molecule has 0 aliphatic heterocycles. The molecule has 1 aromatic rings. The minimum absolute atomic E-state index is 0.0512. The van der Waals surface area contributed by atoms with Gasteiger partial charge in [-0.1, -0.05) is 18.3 Å². The summed E-state index contributed by atoms with van der Waals surface area (Å²) in [4.78, 5) is 11.5. The average Bonchev–Trinajstić information content (AvgIpc) is 2.25. The van der Waals surface area contributed by atoms with Crippen molar-refractivity contribution in [3.05, 3.63) is 35.4 Å². The molecule has 0 aliphatic carbocycles. The Labute approximate surface area is 101 Å². The van der Waals surface area contributed by atoms with Gasteiger partial charge in [0.1, 0.15) is 0 Å². The third-order valence-corrected chi connectivity index (χ3v) is 2.02. The van der Waals surface area contributed by atoms with Gasteiger partial charge in [0, 0.05) is 5.56 Å². The number of thiocarbonyl (C=S) groups is 1. The van der Waals surface area contributed by atoms with Crippen LogP contribution in [0.3, 0.4) is 0 Å². The molecule has 0 heterocycles. The molecule has 0 aromatic heterocycles.